The smallest absolute Gasteiger partial charge is 0.275 e. The number of fused-ring (bicyclic) bond motifs is 1. The average molecular weight is 493 g/mol. The fraction of sp³-hybridized carbons (Fsp3) is 0.111. The van der Waals surface area contributed by atoms with Crippen molar-refractivity contribution in [2.75, 3.05) is 6.61 Å². The summed E-state index contributed by atoms with van der Waals surface area (Å²) in [5.41, 5.74) is 4.50. The van der Waals surface area contributed by atoms with Crippen LogP contribution < -0.4 is 14.9 Å². The van der Waals surface area contributed by atoms with Gasteiger partial charge in [-0.2, -0.15) is 5.10 Å². The molecule has 0 aromatic heterocycles. The van der Waals surface area contributed by atoms with Crippen LogP contribution in [-0.4, -0.2) is 18.7 Å². The number of hydrogen-bond acceptors (Lipinski definition) is 4. The molecule has 1 amide bonds. The zero-order chi connectivity index (χ0) is 23.9. The summed E-state index contributed by atoms with van der Waals surface area (Å²) in [5, 5.41) is 7.28. The minimum atomic E-state index is -0.396. The highest BCUT2D eigenvalue weighted by Gasteiger charge is 2.13. The number of carbonyl (C=O) groups is 1. The number of nitrogens with zero attached hydrogens (tertiary/aromatic N) is 1. The zero-order valence-electron chi connectivity index (χ0n) is 18.4. The summed E-state index contributed by atoms with van der Waals surface area (Å²) >= 11 is 12.2. The average Bonchev–Trinajstić information content (AvgIpc) is 2.85. The van der Waals surface area contributed by atoms with Gasteiger partial charge in [-0.05, 0) is 48.0 Å². The molecular weight excluding hydrogens is 471 g/mol. The molecule has 1 N–H and O–H groups in total. The molecule has 4 aromatic rings. The second kappa shape index (κ2) is 11.1. The first-order valence-electron chi connectivity index (χ1n) is 10.7. The maximum atomic E-state index is 12.9. The Morgan fingerprint density at radius 3 is 2.56 bits per heavy atom. The first-order chi connectivity index (χ1) is 16.6. The molecule has 0 heterocycles. The van der Waals surface area contributed by atoms with Crippen molar-refractivity contribution in [3.63, 3.8) is 0 Å². The van der Waals surface area contributed by atoms with E-state index in [-0.39, 0.29) is 6.61 Å². The molecule has 0 spiro atoms. The van der Waals surface area contributed by atoms with Gasteiger partial charge in [0.1, 0.15) is 18.1 Å². The van der Waals surface area contributed by atoms with Crippen LogP contribution in [0.4, 0.5) is 0 Å². The number of hydrogen-bond donors (Lipinski definition) is 1. The van der Waals surface area contributed by atoms with Crippen molar-refractivity contribution in [2.45, 2.75) is 13.5 Å². The Kier molecular flexibility index (Phi) is 7.68. The van der Waals surface area contributed by atoms with Gasteiger partial charge in [-0.3, -0.25) is 4.79 Å². The molecule has 0 atom stereocenters. The van der Waals surface area contributed by atoms with E-state index in [0.717, 1.165) is 21.9 Å². The van der Waals surface area contributed by atoms with Gasteiger partial charge >= 0.3 is 0 Å². The summed E-state index contributed by atoms with van der Waals surface area (Å²) in [6.07, 6.45) is 1.60. The van der Waals surface area contributed by atoms with Gasteiger partial charge in [-0.1, -0.05) is 71.7 Å². The number of ether oxygens (including phenoxy) is 2. The molecule has 5 nitrogen and oxygen atoms in total. The van der Waals surface area contributed by atoms with Crippen molar-refractivity contribution < 1.29 is 14.3 Å². The molecule has 4 rings (SSSR count). The third-order valence-corrected chi connectivity index (χ3v) is 5.71. The van der Waals surface area contributed by atoms with Crippen molar-refractivity contribution in [2.24, 2.45) is 5.10 Å². The van der Waals surface area contributed by atoms with Gasteiger partial charge in [-0.25, -0.2) is 5.43 Å². The van der Waals surface area contributed by atoms with Gasteiger partial charge < -0.3 is 9.47 Å². The van der Waals surface area contributed by atoms with E-state index < -0.39 is 5.91 Å². The molecule has 0 aliphatic heterocycles. The molecule has 0 saturated carbocycles. The topological polar surface area (TPSA) is 59.9 Å². The van der Waals surface area contributed by atoms with Gasteiger partial charge in [0.25, 0.3) is 5.91 Å². The highest BCUT2D eigenvalue weighted by molar-refractivity contribution is 6.35. The number of rotatable bonds is 8. The van der Waals surface area contributed by atoms with Crippen molar-refractivity contribution in [1.29, 1.82) is 0 Å². The first-order valence-corrected chi connectivity index (χ1v) is 11.5. The van der Waals surface area contributed by atoms with E-state index in [0.29, 0.717) is 33.7 Å². The van der Waals surface area contributed by atoms with Crippen LogP contribution in [0.1, 0.15) is 28.4 Å². The molecule has 0 fully saturated rings. The number of halogens is 2. The summed E-state index contributed by atoms with van der Waals surface area (Å²) in [4.78, 5) is 12.9. The van der Waals surface area contributed by atoms with Gasteiger partial charge in [0.05, 0.1) is 18.4 Å². The highest BCUT2D eigenvalue weighted by Crippen LogP contribution is 2.27. The summed E-state index contributed by atoms with van der Waals surface area (Å²) < 4.78 is 11.6. The van der Waals surface area contributed by atoms with Crippen LogP contribution in [-0.2, 0) is 6.61 Å². The molecule has 0 aliphatic carbocycles. The summed E-state index contributed by atoms with van der Waals surface area (Å²) in [5.74, 6) is 0.719. The minimum Gasteiger partial charge on any atom is -0.493 e. The minimum absolute atomic E-state index is 0.192. The van der Waals surface area contributed by atoms with E-state index in [2.05, 4.69) is 10.5 Å². The fourth-order valence-electron chi connectivity index (χ4n) is 3.48. The lowest BCUT2D eigenvalue weighted by Crippen LogP contribution is -2.18. The number of amides is 1. The molecule has 34 heavy (non-hydrogen) atoms. The van der Waals surface area contributed by atoms with Crippen molar-refractivity contribution in [3.8, 4) is 11.5 Å². The molecule has 4 aromatic carbocycles. The number of para-hydroxylation sites is 1. The van der Waals surface area contributed by atoms with Gasteiger partial charge in [0, 0.05) is 21.2 Å². The second-order valence-corrected chi connectivity index (χ2v) is 8.19. The van der Waals surface area contributed by atoms with Crippen LogP contribution in [0.5, 0.6) is 11.5 Å². The number of hydrazone groups is 1. The largest absolute Gasteiger partial charge is 0.493 e. The number of nitrogens with one attached hydrogen (secondary N) is 1. The van der Waals surface area contributed by atoms with E-state index in [1.165, 1.54) is 0 Å². The van der Waals surface area contributed by atoms with Crippen molar-refractivity contribution >= 4 is 46.1 Å². The molecule has 0 aliphatic rings. The van der Waals surface area contributed by atoms with E-state index in [1.807, 2.05) is 43.3 Å². The normalized spacial score (nSPS) is 11.0. The third kappa shape index (κ3) is 5.50. The summed E-state index contributed by atoms with van der Waals surface area (Å²) in [6, 6.07) is 24.0. The Morgan fingerprint density at radius 1 is 0.941 bits per heavy atom. The lowest BCUT2D eigenvalue weighted by atomic mass is 10.0. The SMILES string of the molecule is CCOc1ccc2ccccc2c1/C=N\NC(=O)c1ccccc1OCc1ccc(Cl)cc1Cl. The maximum absolute atomic E-state index is 12.9. The first kappa shape index (κ1) is 23.6. The van der Waals surface area contributed by atoms with Crippen molar-refractivity contribution in [1.82, 2.24) is 5.43 Å². The lowest BCUT2D eigenvalue weighted by molar-refractivity contribution is 0.0950. The van der Waals surface area contributed by atoms with Crippen molar-refractivity contribution in [3.05, 3.63) is 106 Å². The van der Waals surface area contributed by atoms with Gasteiger partial charge in [0.2, 0.25) is 0 Å². The Hall–Kier alpha value is -3.54. The summed E-state index contributed by atoms with van der Waals surface area (Å²) in [6.45, 7) is 2.64. The molecule has 0 saturated heterocycles. The van der Waals surface area contributed by atoms with Crippen LogP contribution in [0.25, 0.3) is 10.8 Å². The van der Waals surface area contributed by atoms with E-state index in [9.17, 15) is 4.79 Å². The van der Waals surface area contributed by atoms with E-state index >= 15 is 0 Å². The predicted octanol–water partition coefficient (Wildman–Crippen LogP) is 6.89. The maximum Gasteiger partial charge on any atom is 0.275 e. The third-order valence-electron chi connectivity index (χ3n) is 5.12. The van der Waals surface area contributed by atoms with Crippen LogP contribution in [0.15, 0.2) is 84.0 Å². The van der Waals surface area contributed by atoms with Crippen LogP contribution in [0.2, 0.25) is 10.0 Å². The van der Waals surface area contributed by atoms with E-state index in [1.54, 1.807) is 48.7 Å². The van der Waals surface area contributed by atoms with Crippen LogP contribution in [0.3, 0.4) is 0 Å². The quantitative estimate of drug-likeness (QED) is 0.215. The van der Waals surface area contributed by atoms with Crippen LogP contribution >= 0.6 is 23.2 Å². The fourth-order valence-corrected chi connectivity index (χ4v) is 3.94. The monoisotopic (exact) mass is 492 g/mol. The molecular formula is C27H22Cl2N2O3. The number of carbonyl (C=O) groups excluding carboxylic acids is 1. The molecule has 7 heteroatoms. The molecule has 172 valence electrons. The second-order valence-electron chi connectivity index (χ2n) is 7.35. The standard InChI is InChI=1S/C27H22Cl2N2O3/c1-2-33-26-14-12-18-7-3-4-8-21(18)23(26)16-30-31-27(32)22-9-5-6-10-25(22)34-17-19-11-13-20(28)15-24(19)29/h3-16H,2,17H2,1H3,(H,31,32)/b30-16-. The van der Waals surface area contributed by atoms with Crippen LogP contribution in [0, 0.1) is 0 Å². The zero-order valence-corrected chi connectivity index (χ0v) is 19.9. The van der Waals surface area contributed by atoms with Gasteiger partial charge in [0.15, 0.2) is 0 Å². The number of benzene rings is 4. The van der Waals surface area contributed by atoms with E-state index in [4.69, 9.17) is 32.7 Å². The molecule has 0 bridgehead atoms. The predicted molar refractivity (Wildman–Crippen MR) is 137 cm³/mol. The Morgan fingerprint density at radius 2 is 1.74 bits per heavy atom. The Labute approximate surface area is 207 Å². The Bertz CT molecular complexity index is 1360. The highest BCUT2D eigenvalue weighted by atomic mass is 35.5. The Balaban J connectivity index is 1.51. The summed E-state index contributed by atoms with van der Waals surface area (Å²) in [7, 11) is 0. The molecule has 0 unspecified atom stereocenters. The lowest BCUT2D eigenvalue weighted by Gasteiger charge is -2.12. The van der Waals surface area contributed by atoms with Gasteiger partial charge in [-0.15, -0.1) is 0 Å². The molecule has 0 radical (unpaired) electrons.